The van der Waals surface area contributed by atoms with Gasteiger partial charge in [0.05, 0.1) is 13.2 Å². The highest BCUT2D eigenvalue weighted by Crippen LogP contribution is 2.17. The summed E-state index contributed by atoms with van der Waals surface area (Å²) in [7, 11) is 1.76. The van der Waals surface area contributed by atoms with Crippen LogP contribution < -0.4 is 16.0 Å². The average Bonchev–Trinajstić information content (AvgIpc) is 2.66. The first-order valence-electron chi connectivity index (χ1n) is 10.1. The van der Waals surface area contributed by atoms with Gasteiger partial charge in [0.1, 0.15) is 0 Å². The van der Waals surface area contributed by atoms with Crippen molar-refractivity contribution in [3.05, 3.63) is 0 Å². The second-order valence-electron chi connectivity index (χ2n) is 7.92. The number of carbonyl (C=O) groups is 1. The maximum absolute atomic E-state index is 12.1. The third-order valence-electron chi connectivity index (χ3n) is 5.39. The Hall–Kier alpha value is -1.34. The normalized spacial score (nSPS) is 20.7. The summed E-state index contributed by atoms with van der Waals surface area (Å²) in [6.45, 7) is 9.37. The van der Waals surface area contributed by atoms with E-state index in [9.17, 15) is 4.79 Å². The van der Waals surface area contributed by atoms with E-state index in [0.29, 0.717) is 19.0 Å². The smallest absolute Gasteiger partial charge is 0.221 e. The molecule has 1 saturated carbocycles. The fourth-order valence-electron chi connectivity index (χ4n) is 3.64. The number of ether oxygens (including phenoxy) is 1. The summed E-state index contributed by atoms with van der Waals surface area (Å²) in [5, 5.41) is 9.79. The Morgan fingerprint density at radius 3 is 2.50 bits per heavy atom. The lowest BCUT2D eigenvalue weighted by Crippen LogP contribution is -2.56. The summed E-state index contributed by atoms with van der Waals surface area (Å²) in [5.41, 5.74) is 0.0275. The molecule has 0 spiro atoms. The molecule has 1 aliphatic carbocycles. The number of nitrogens with one attached hydrogen (secondary N) is 3. The molecule has 0 bridgehead atoms. The largest absolute Gasteiger partial charge is 0.379 e. The molecule has 0 aromatic rings. The van der Waals surface area contributed by atoms with Crippen LogP contribution in [0.2, 0.25) is 0 Å². The van der Waals surface area contributed by atoms with Crippen LogP contribution in [0.5, 0.6) is 0 Å². The standard InChI is InChI=1S/C19H37N5O2/c1-19(2,24-11-13-26-14-12-24)15-22-18(20-3)21-10-9-17(25)23-16-7-5-4-6-8-16/h16H,4-15H2,1-3H3,(H,23,25)(H2,20,21,22). The highest BCUT2D eigenvalue weighted by atomic mass is 16.5. The fourth-order valence-corrected chi connectivity index (χ4v) is 3.64. The van der Waals surface area contributed by atoms with Gasteiger partial charge in [-0.25, -0.2) is 0 Å². The first-order valence-corrected chi connectivity index (χ1v) is 10.1. The number of hydrogen-bond donors (Lipinski definition) is 3. The molecule has 1 amide bonds. The predicted molar refractivity (Wildman–Crippen MR) is 105 cm³/mol. The van der Waals surface area contributed by atoms with E-state index in [2.05, 4.69) is 39.7 Å². The van der Waals surface area contributed by atoms with Gasteiger partial charge in [-0.3, -0.25) is 14.7 Å². The molecule has 2 rings (SSSR count). The van der Waals surface area contributed by atoms with Gasteiger partial charge < -0.3 is 20.7 Å². The highest BCUT2D eigenvalue weighted by molar-refractivity contribution is 5.81. The van der Waals surface area contributed by atoms with E-state index in [0.717, 1.165) is 51.6 Å². The van der Waals surface area contributed by atoms with Crippen molar-refractivity contribution in [2.45, 2.75) is 64.0 Å². The Bertz CT molecular complexity index is 455. The Kier molecular flexibility index (Phi) is 8.65. The Morgan fingerprint density at radius 1 is 1.15 bits per heavy atom. The zero-order valence-corrected chi connectivity index (χ0v) is 16.8. The van der Waals surface area contributed by atoms with Crippen LogP contribution in [0.25, 0.3) is 0 Å². The number of carbonyl (C=O) groups excluding carboxylic acids is 1. The number of amides is 1. The molecule has 0 atom stereocenters. The van der Waals surface area contributed by atoms with E-state index in [1.54, 1.807) is 7.05 Å². The Labute approximate surface area is 158 Å². The summed E-state index contributed by atoms with van der Waals surface area (Å²) in [6.07, 6.45) is 6.50. The average molecular weight is 368 g/mol. The molecule has 1 aliphatic heterocycles. The van der Waals surface area contributed by atoms with Crippen LogP contribution in [0, 0.1) is 0 Å². The summed E-state index contributed by atoms with van der Waals surface area (Å²) in [4.78, 5) is 18.8. The molecule has 0 aromatic carbocycles. The minimum absolute atomic E-state index is 0.0275. The van der Waals surface area contributed by atoms with E-state index >= 15 is 0 Å². The predicted octanol–water partition coefficient (Wildman–Crippen LogP) is 1.10. The first-order chi connectivity index (χ1) is 12.5. The van der Waals surface area contributed by atoms with Crippen LogP contribution in [0.3, 0.4) is 0 Å². The summed E-state index contributed by atoms with van der Waals surface area (Å²) >= 11 is 0. The molecule has 2 fully saturated rings. The molecule has 1 heterocycles. The van der Waals surface area contributed by atoms with E-state index in [1.165, 1.54) is 19.3 Å². The van der Waals surface area contributed by atoms with Crippen molar-refractivity contribution >= 4 is 11.9 Å². The maximum Gasteiger partial charge on any atom is 0.221 e. The number of guanidine groups is 1. The minimum atomic E-state index is 0.0275. The van der Waals surface area contributed by atoms with Crippen LogP contribution >= 0.6 is 0 Å². The number of rotatable bonds is 7. The zero-order chi connectivity index (χ0) is 18.8. The lowest BCUT2D eigenvalue weighted by atomic mass is 9.95. The van der Waals surface area contributed by atoms with Crippen molar-refractivity contribution < 1.29 is 9.53 Å². The lowest BCUT2D eigenvalue weighted by Gasteiger charge is -2.41. The number of aliphatic imine (C=N–C) groups is 1. The highest BCUT2D eigenvalue weighted by Gasteiger charge is 2.28. The molecule has 7 nitrogen and oxygen atoms in total. The second kappa shape index (κ2) is 10.7. The van der Waals surface area contributed by atoms with Gasteiger partial charge in [0.15, 0.2) is 5.96 Å². The van der Waals surface area contributed by atoms with Crippen molar-refractivity contribution in [3.63, 3.8) is 0 Å². The van der Waals surface area contributed by atoms with Crippen molar-refractivity contribution in [2.75, 3.05) is 46.4 Å². The molecule has 26 heavy (non-hydrogen) atoms. The van der Waals surface area contributed by atoms with Gasteiger partial charge in [-0.05, 0) is 26.7 Å². The van der Waals surface area contributed by atoms with Gasteiger partial charge >= 0.3 is 0 Å². The molecule has 1 saturated heterocycles. The van der Waals surface area contributed by atoms with E-state index < -0.39 is 0 Å². The lowest BCUT2D eigenvalue weighted by molar-refractivity contribution is -0.121. The molecule has 7 heteroatoms. The van der Waals surface area contributed by atoms with E-state index in [1.807, 2.05) is 0 Å². The van der Waals surface area contributed by atoms with Gasteiger partial charge in [0, 0.05) is 51.2 Å². The van der Waals surface area contributed by atoms with Crippen molar-refractivity contribution in [3.8, 4) is 0 Å². The molecule has 2 aliphatic rings. The van der Waals surface area contributed by atoms with Gasteiger partial charge in [-0.2, -0.15) is 0 Å². The third kappa shape index (κ3) is 7.11. The van der Waals surface area contributed by atoms with Gasteiger partial charge in [0.2, 0.25) is 5.91 Å². The number of nitrogens with zero attached hydrogens (tertiary/aromatic N) is 2. The molecular weight excluding hydrogens is 330 g/mol. The molecule has 0 radical (unpaired) electrons. The molecule has 150 valence electrons. The van der Waals surface area contributed by atoms with Gasteiger partial charge in [0.25, 0.3) is 0 Å². The summed E-state index contributed by atoms with van der Waals surface area (Å²) in [6, 6.07) is 0.378. The van der Waals surface area contributed by atoms with E-state index in [-0.39, 0.29) is 11.4 Å². The van der Waals surface area contributed by atoms with Crippen LogP contribution in [0.4, 0.5) is 0 Å². The zero-order valence-electron chi connectivity index (χ0n) is 16.8. The topological polar surface area (TPSA) is 78.0 Å². The van der Waals surface area contributed by atoms with Crippen molar-refractivity contribution in [1.82, 2.24) is 20.9 Å². The molecule has 0 unspecified atom stereocenters. The summed E-state index contributed by atoms with van der Waals surface area (Å²) in [5.74, 6) is 0.880. The molecule has 3 N–H and O–H groups in total. The Balaban J connectivity index is 1.64. The van der Waals surface area contributed by atoms with E-state index in [4.69, 9.17) is 4.74 Å². The first kappa shape index (κ1) is 21.0. The third-order valence-corrected chi connectivity index (χ3v) is 5.39. The molecular formula is C19H37N5O2. The Morgan fingerprint density at radius 2 is 1.85 bits per heavy atom. The van der Waals surface area contributed by atoms with Crippen LogP contribution in [-0.2, 0) is 9.53 Å². The minimum Gasteiger partial charge on any atom is -0.379 e. The van der Waals surface area contributed by atoms with Crippen molar-refractivity contribution in [1.29, 1.82) is 0 Å². The molecule has 0 aromatic heterocycles. The monoisotopic (exact) mass is 367 g/mol. The van der Waals surface area contributed by atoms with Crippen LogP contribution in [-0.4, -0.2) is 74.8 Å². The van der Waals surface area contributed by atoms with Crippen LogP contribution in [0.1, 0.15) is 52.4 Å². The SMILES string of the molecule is CN=C(NCCC(=O)NC1CCCCC1)NCC(C)(C)N1CCOCC1. The summed E-state index contributed by atoms with van der Waals surface area (Å²) < 4.78 is 5.44. The quantitative estimate of drug-likeness (QED) is 0.464. The number of morpholine rings is 1. The van der Waals surface area contributed by atoms with Crippen LogP contribution in [0.15, 0.2) is 4.99 Å². The second-order valence-corrected chi connectivity index (χ2v) is 7.92. The van der Waals surface area contributed by atoms with Crippen molar-refractivity contribution in [2.24, 2.45) is 4.99 Å². The fraction of sp³-hybridized carbons (Fsp3) is 0.895. The maximum atomic E-state index is 12.1. The number of hydrogen-bond acceptors (Lipinski definition) is 4. The van der Waals surface area contributed by atoms with Gasteiger partial charge in [-0.15, -0.1) is 0 Å². The van der Waals surface area contributed by atoms with Gasteiger partial charge in [-0.1, -0.05) is 19.3 Å².